The van der Waals surface area contributed by atoms with Crippen LogP contribution in [0.15, 0.2) is 67.1 Å². The fraction of sp³-hybridized carbons (Fsp3) is 0.360. The van der Waals surface area contributed by atoms with E-state index in [1.807, 2.05) is 12.1 Å². The standard InChI is InChI=1S/C25H29BrN2O2/c1-25(2,20-6-10-23(11-7-20)29-17-5-3-4-15-26)21-8-12-24(13-9-21)30-18-22-14-16-27-19-28-22/h6-14,16,19H,3-5,15,17-18H2,1-2H3/i19D. The molecule has 0 bridgehead atoms. The van der Waals surface area contributed by atoms with E-state index in [0.717, 1.165) is 29.9 Å². The van der Waals surface area contributed by atoms with E-state index in [0.29, 0.717) is 12.3 Å². The molecular weight excluding hydrogens is 440 g/mol. The van der Waals surface area contributed by atoms with E-state index in [-0.39, 0.29) is 11.7 Å². The topological polar surface area (TPSA) is 44.2 Å². The number of aromatic nitrogens is 2. The van der Waals surface area contributed by atoms with Crippen molar-refractivity contribution < 1.29 is 10.8 Å². The van der Waals surface area contributed by atoms with Crippen LogP contribution >= 0.6 is 15.9 Å². The van der Waals surface area contributed by atoms with Crippen LogP contribution < -0.4 is 9.47 Å². The summed E-state index contributed by atoms with van der Waals surface area (Å²) in [5.74, 6) is 1.69. The molecule has 0 amide bonds. The van der Waals surface area contributed by atoms with E-state index < -0.39 is 0 Å². The average molecular weight is 470 g/mol. The predicted octanol–water partition coefficient (Wildman–Crippen LogP) is 6.33. The zero-order chi connectivity index (χ0) is 22.1. The lowest BCUT2D eigenvalue weighted by Crippen LogP contribution is -2.18. The van der Waals surface area contributed by atoms with Crippen LogP contribution in [0.2, 0.25) is 0 Å². The molecule has 158 valence electrons. The van der Waals surface area contributed by atoms with Crippen LogP contribution in [-0.4, -0.2) is 21.9 Å². The van der Waals surface area contributed by atoms with Gasteiger partial charge in [0, 0.05) is 16.9 Å². The maximum atomic E-state index is 7.48. The van der Waals surface area contributed by atoms with Gasteiger partial charge in [-0.05, 0) is 60.7 Å². The Morgan fingerprint density at radius 1 is 0.867 bits per heavy atom. The number of halogens is 1. The zero-order valence-corrected chi connectivity index (χ0v) is 19.2. The molecule has 0 saturated carbocycles. The zero-order valence-electron chi connectivity index (χ0n) is 18.6. The molecule has 0 fully saturated rings. The molecule has 30 heavy (non-hydrogen) atoms. The summed E-state index contributed by atoms with van der Waals surface area (Å²) in [5.41, 5.74) is 2.99. The molecule has 0 N–H and O–H groups in total. The Labute approximate surface area is 189 Å². The second-order valence-corrected chi connectivity index (χ2v) is 8.50. The Balaban J connectivity index is 1.58. The van der Waals surface area contributed by atoms with Gasteiger partial charge in [0.05, 0.1) is 12.3 Å². The molecule has 4 nitrogen and oxygen atoms in total. The number of ether oxygens (including phenoxy) is 2. The van der Waals surface area contributed by atoms with Crippen molar-refractivity contribution in [2.24, 2.45) is 0 Å². The molecule has 0 saturated heterocycles. The third-order valence-electron chi connectivity index (χ3n) is 5.18. The Morgan fingerprint density at radius 2 is 1.50 bits per heavy atom. The van der Waals surface area contributed by atoms with Crippen LogP contribution in [0, 0.1) is 0 Å². The number of nitrogens with zero attached hydrogens (tertiary/aromatic N) is 2. The molecule has 0 atom stereocenters. The smallest absolute Gasteiger partial charge is 0.130 e. The molecule has 2 aromatic carbocycles. The number of hydrogen-bond acceptors (Lipinski definition) is 4. The molecule has 0 unspecified atom stereocenters. The lowest BCUT2D eigenvalue weighted by Gasteiger charge is -2.26. The lowest BCUT2D eigenvalue weighted by atomic mass is 9.78. The van der Waals surface area contributed by atoms with Gasteiger partial charge in [-0.15, -0.1) is 0 Å². The SMILES string of the molecule is [2H]c1nccc(COc2ccc(C(C)(C)c3ccc(OCCCCCBr)cc3)cc2)n1. The van der Waals surface area contributed by atoms with Gasteiger partial charge in [-0.1, -0.05) is 54.0 Å². The van der Waals surface area contributed by atoms with Crippen molar-refractivity contribution in [2.45, 2.75) is 45.1 Å². The van der Waals surface area contributed by atoms with Gasteiger partial charge in [-0.25, -0.2) is 9.97 Å². The highest BCUT2D eigenvalue weighted by Gasteiger charge is 2.23. The largest absolute Gasteiger partial charge is 0.494 e. The Morgan fingerprint density at radius 3 is 2.10 bits per heavy atom. The van der Waals surface area contributed by atoms with Gasteiger partial charge in [0.25, 0.3) is 0 Å². The van der Waals surface area contributed by atoms with Gasteiger partial charge in [0.1, 0.15) is 25.8 Å². The Kier molecular flexibility index (Phi) is 7.73. The molecule has 0 spiro atoms. The van der Waals surface area contributed by atoms with Crippen molar-refractivity contribution in [3.63, 3.8) is 0 Å². The summed E-state index contributed by atoms with van der Waals surface area (Å²) in [7, 11) is 0. The van der Waals surface area contributed by atoms with Crippen LogP contribution in [0.1, 0.15) is 51.3 Å². The molecule has 5 heteroatoms. The van der Waals surface area contributed by atoms with Crippen LogP contribution in [0.3, 0.4) is 0 Å². The lowest BCUT2D eigenvalue weighted by molar-refractivity contribution is 0.301. The normalized spacial score (nSPS) is 11.8. The molecular formula is C25H29BrN2O2. The van der Waals surface area contributed by atoms with Crippen LogP contribution in [0.4, 0.5) is 0 Å². The summed E-state index contributed by atoms with van der Waals surface area (Å²) in [5, 5.41) is 1.05. The van der Waals surface area contributed by atoms with Crippen LogP contribution in [0.5, 0.6) is 11.5 Å². The number of alkyl halides is 1. The van der Waals surface area contributed by atoms with Gasteiger partial charge in [-0.3, -0.25) is 0 Å². The van der Waals surface area contributed by atoms with Gasteiger partial charge >= 0.3 is 0 Å². The molecule has 0 radical (unpaired) electrons. The number of unbranched alkanes of at least 4 members (excludes halogenated alkanes) is 2. The first-order chi connectivity index (χ1) is 15.0. The monoisotopic (exact) mass is 469 g/mol. The maximum Gasteiger partial charge on any atom is 0.130 e. The fourth-order valence-corrected chi connectivity index (χ4v) is 3.59. The molecule has 1 heterocycles. The summed E-state index contributed by atoms with van der Waals surface area (Å²) in [6.45, 7) is 5.51. The first-order valence-corrected chi connectivity index (χ1v) is 11.4. The highest BCUT2D eigenvalue weighted by atomic mass is 79.9. The first kappa shape index (κ1) is 20.9. The summed E-state index contributed by atoms with van der Waals surface area (Å²) < 4.78 is 19.1. The minimum absolute atomic E-state index is 0.00396. The number of hydrogen-bond donors (Lipinski definition) is 0. The second-order valence-electron chi connectivity index (χ2n) is 7.71. The van der Waals surface area contributed by atoms with E-state index in [1.165, 1.54) is 24.0 Å². The van der Waals surface area contributed by atoms with Crippen molar-refractivity contribution in [1.29, 1.82) is 0 Å². The van der Waals surface area contributed by atoms with Crippen molar-refractivity contribution in [3.8, 4) is 11.5 Å². The van der Waals surface area contributed by atoms with Crippen molar-refractivity contribution >= 4 is 15.9 Å². The van der Waals surface area contributed by atoms with E-state index in [1.54, 1.807) is 12.3 Å². The molecule has 0 aliphatic carbocycles. The number of benzene rings is 2. The summed E-state index contributed by atoms with van der Waals surface area (Å²) >= 11 is 3.46. The average Bonchev–Trinajstić information content (AvgIpc) is 2.78. The molecule has 0 aliphatic rings. The quantitative estimate of drug-likeness (QED) is 0.243. The van der Waals surface area contributed by atoms with Crippen molar-refractivity contribution in [1.82, 2.24) is 9.97 Å². The van der Waals surface area contributed by atoms with Crippen molar-refractivity contribution in [2.75, 3.05) is 11.9 Å². The van der Waals surface area contributed by atoms with Crippen LogP contribution in [0.25, 0.3) is 0 Å². The van der Waals surface area contributed by atoms with Gasteiger partial charge in [-0.2, -0.15) is 0 Å². The second kappa shape index (κ2) is 11.1. The van der Waals surface area contributed by atoms with Crippen LogP contribution in [-0.2, 0) is 12.0 Å². The van der Waals surface area contributed by atoms with Gasteiger partial charge in [0.2, 0.25) is 0 Å². The minimum Gasteiger partial charge on any atom is -0.494 e. The summed E-state index contributed by atoms with van der Waals surface area (Å²) in [4.78, 5) is 7.83. The van der Waals surface area contributed by atoms with E-state index >= 15 is 0 Å². The maximum absolute atomic E-state index is 7.48. The van der Waals surface area contributed by atoms with Crippen molar-refractivity contribution in [3.05, 3.63) is 83.9 Å². The van der Waals surface area contributed by atoms with Gasteiger partial charge < -0.3 is 9.47 Å². The van der Waals surface area contributed by atoms with E-state index in [2.05, 4.69) is 76.1 Å². The first-order valence-electron chi connectivity index (χ1n) is 10.8. The minimum atomic E-state index is -0.139. The highest BCUT2D eigenvalue weighted by Crippen LogP contribution is 2.33. The Hall–Kier alpha value is -2.40. The van der Waals surface area contributed by atoms with Gasteiger partial charge in [0.15, 0.2) is 0 Å². The molecule has 1 aromatic heterocycles. The summed E-state index contributed by atoms with van der Waals surface area (Å²) in [6.07, 6.45) is 5.02. The molecule has 3 aromatic rings. The molecule has 0 aliphatic heterocycles. The predicted molar refractivity (Wildman–Crippen MR) is 125 cm³/mol. The number of rotatable bonds is 11. The fourth-order valence-electron chi connectivity index (χ4n) is 3.19. The van der Waals surface area contributed by atoms with E-state index in [9.17, 15) is 0 Å². The summed E-state index contributed by atoms with van der Waals surface area (Å²) in [6, 6.07) is 18.3. The van der Waals surface area contributed by atoms with E-state index in [4.69, 9.17) is 10.8 Å². The molecule has 3 rings (SSSR count). The Bertz CT molecular complexity index is 946. The third kappa shape index (κ3) is 6.30. The third-order valence-corrected chi connectivity index (χ3v) is 5.74. The highest BCUT2D eigenvalue weighted by molar-refractivity contribution is 9.09.